The molecule has 9 nitrogen and oxygen atoms in total. The fraction of sp³-hybridized carbons (Fsp3) is 0.346. The van der Waals surface area contributed by atoms with E-state index >= 15 is 0 Å². The van der Waals surface area contributed by atoms with E-state index in [0.717, 1.165) is 11.1 Å². The van der Waals surface area contributed by atoms with Crippen molar-refractivity contribution in [3.05, 3.63) is 71.6 Å². The topological polar surface area (TPSA) is 96.8 Å². The van der Waals surface area contributed by atoms with Crippen molar-refractivity contribution in [2.75, 3.05) is 19.6 Å². The second-order valence-corrected chi connectivity index (χ2v) is 9.92. The van der Waals surface area contributed by atoms with Crippen LogP contribution in [0, 0.1) is 5.82 Å². The van der Waals surface area contributed by atoms with Crippen LogP contribution < -0.4 is 0 Å². The molecule has 0 aliphatic carbocycles. The van der Waals surface area contributed by atoms with Gasteiger partial charge in [-0.15, -0.1) is 0 Å². The monoisotopic (exact) mass is 490 g/mol. The molecule has 1 aromatic carbocycles. The number of halogens is 1. The van der Waals surface area contributed by atoms with Crippen LogP contribution in [0.1, 0.15) is 60.2 Å². The van der Waals surface area contributed by atoms with Crippen LogP contribution in [0.25, 0.3) is 16.9 Å². The smallest absolute Gasteiger partial charge is 0.276 e. The summed E-state index contributed by atoms with van der Waals surface area (Å²) in [5.41, 5.74) is 2.89. The van der Waals surface area contributed by atoms with Gasteiger partial charge in [0, 0.05) is 36.8 Å². The highest BCUT2D eigenvalue weighted by atomic mass is 19.1. The highest BCUT2D eigenvalue weighted by molar-refractivity contribution is 5.95. The molecule has 0 unspecified atom stereocenters. The van der Waals surface area contributed by atoms with E-state index in [1.807, 2.05) is 33.8 Å². The third kappa shape index (κ3) is 4.23. The molecule has 0 atom stereocenters. The molecular weight excluding hydrogens is 463 g/mol. The van der Waals surface area contributed by atoms with Gasteiger partial charge in [-0.25, -0.2) is 13.9 Å². The van der Waals surface area contributed by atoms with Crippen molar-refractivity contribution in [3.8, 4) is 11.3 Å². The van der Waals surface area contributed by atoms with Crippen LogP contribution in [0.4, 0.5) is 4.39 Å². The van der Waals surface area contributed by atoms with E-state index in [0.29, 0.717) is 31.0 Å². The van der Waals surface area contributed by atoms with Gasteiger partial charge in [-0.3, -0.25) is 9.59 Å². The molecule has 0 spiro atoms. The molecule has 4 aromatic rings. The maximum Gasteiger partial charge on any atom is 0.276 e. The molecule has 1 fully saturated rings. The molecule has 0 N–H and O–H groups in total. The zero-order valence-corrected chi connectivity index (χ0v) is 20.6. The number of aromatic nitrogens is 4. The molecule has 186 valence electrons. The Bertz CT molecular complexity index is 1430. The first-order valence-electron chi connectivity index (χ1n) is 11.8. The van der Waals surface area contributed by atoms with E-state index in [-0.39, 0.29) is 34.9 Å². The number of rotatable bonds is 4. The number of piperazine rings is 1. The van der Waals surface area contributed by atoms with Crippen LogP contribution in [0.3, 0.4) is 0 Å². The van der Waals surface area contributed by atoms with Crippen LogP contribution in [-0.4, -0.2) is 66.5 Å². The molecular formula is C26H27FN6O3. The van der Waals surface area contributed by atoms with Gasteiger partial charge in [-0.2, -0.15) is 5.10 Å². The first-order chi connectivity index (χ1) is 17.1. The molecule has 1 aliphatic heterocycles. The number of hydrogen-bond acceptors (Lipinski definition) is 6. The Balaban J connectivity index is 1.45. The number of imidazole rings is 1. The summed E-state index contributed by atoms with van der Waals surface area (Å²) in [4.78, 5) is 34.4. The molecule has 0 saturated carbocycles. The molecule has 2 amide bonds. The molecule has 0 radical (unpaired) electrons. The summed E-state index contributed by atoms with van der Waals surface area (Å²) in [5, 5.41) is 8.39. The van der Waals surface area contributed by atoms with Gasteiger partial charge in [0.1, 0.15) is 17.8 Å². The van der Waals surface area contributed by atoms with Gasteiger partial charge in [0.05, 0.1) is 17.4 Å². The molecule has 10 heteroatoms. The number of hydrogen-bond donors (Lipinski definition) is 0. The predicted molar refractivity (Wildman–Crippen MR) is 130 cm³/mol. The van der Waals surface area contributed by atoms with Crippen molar-refractivity contribution in [3.63, 3.8) is 0 Å². The summed E-state index contributed by atoms with van der Waals surface area (Å²) in [5.74, 6) is -0.639. The summed E-state index contributed by atoms with van der Waals surface area (Å²) >= 11 is 0. The highest BCUT2D eigenvalue weighted by Crippen LogP contribution is 2.28. The number of carbonyl (C=O) groups excluding carboxylic acids is 2. The maximum atomic E-state index is 13.6. The molecule has 1 aliphatic rings. The third-order valence-electron chi connectivity index (χ3n) is 6.53. The minimum Gasteiger partial charge on any atom is -0.364 e. The average Bonchev–Trinajstić information content (AvgIpc) is 3.52. The summed E-state index contributed by atoms with van der Waals surface area (Å²) in [6.07, 6.45) is 3.00. The predicted octanol–water partition coefficient (Wildman–Crippen LogP) is 4.02. The first kappa shape index (κ1) is 23.7. The Morgan fingerprint density at radius 3 is 2.44 bits per heavy atom. The van der Waals surface area contributed by atoms with Crippen molar-refractivity contribution in [2.45, 2.75) is 39.2 Å². The van der Waals surface area contributed by atoms with Crippen molar-refractivity contribution in [1.82, 2.24) is 29.6 Å². The number of amides is 2. The fourth-order valence-electron chi connectivity index (χ4n) is 4.62. The first-order valence-corrected chi connectivity index (χ1v) is 11.8. The fourth-order valence-corrected chi connectivity index (χ4v) is 4.62. The van der Waals surface area contributed by atoms with E-state index in [4.69, 9.17) is 4.52 Å². The van der Waals surface area contributed by atoms with E-state index in [9.17, 15) is 14.0 Å². The van der Waals surface area contributed by atoms with E-state index in [1.165, 1.54) is 24.5 Å². The summed E-state index contributed by atoms with van der Waals surface area (Å²) < 4.78 is 19.8. The molecule has 36 heavy (non-hydrogen) atoms. The largest absolute Gasteiger partial charge is 0.364 e. The Morgan fingerprint density at radius 2 is 1.81 bits per heavy atom. The van der Waals surface area contributed by atoms with Crippen molar-refractivity contribution >= 4 is 17.5 Å². The van der Waals surface area contributed by atoms with E-state index in [2.05, 4.69) is 15.2 Å². The summed E-state index contributed by atoms with van der Waals surface area (Å²) in [6.45, 7) is 9.03. The normalized spacial score (nSPS) is 15.6. The van der Waals surface area contributed by atoms with Crippen molar-refractivity contribution < 1.29 is 18.5 Å². The zero-order chi connectivity index (χ0) is 25.6. The van der Waals surface area contributed by atoms with E-state index in [1.54, 1.807) is 32.6 Å². The van der Waals surface area contributed by atoms with Crippen molar-refractivity contribution in [1.29, 1.82) is 0 Å². The molecule has 4 heterocycles. The quantitative estimate of drug-likeness (QED) is 0.429. The lowest BCUT2D eigenvalue weighted by Gasteiger charge is -2.46. The van der Waals surface area contributed by atoms with Crippen LogP contribution in [0.5, 0.6) is 0 Å². The Hall–Kier alpha value is -4.08. The zero-order valence-electron chi connectivity index (χ0n) is 20.6. The van der Waals surface area contributed by atoms with Gasteiger partial charge in [0.15, 0.2) is 11.3 Å². The Labute approximate surface area is 207 Å². The number of benzene rings is 1. The van der Waals surface area contributed by atoms with Crippen LogP contribution >= 0.6 is 0 Å². The average molecular weight is 491 g/mol. The molecule has 3 aromatic heterocycles. The lowest BCUT2D eigenvalue weighted by Crippen LogP contribution is -2.62. The van der Waals surface area contributed by atoms with Gasteiger partial charge in [0.25, 0.3) is 11.8 Å². The van der Waals surface area contributed by atoms with Gasteiger partial charge in [-0.1, -0.05) is 19.0 Å². The van der Waals surface area contributed by atoms with E-state index < -0.39 is 5.54 Å². The lowest BCUT2D eigenvalue weighted by molar-refractivity contribution is 0.0161. The van der Waals surface area contributed by atoms with Crippen LogP contribution in [-0.2, 0) is 0 Å². The Kier molecular flexibility index (Phi) is 5.82. The number of nitrogens with zero attached hydrogens (tertiary/aromatic N) is 6. The minimum absolute atomic E-state index is 0.127. The molecule has 1 saturated heterocycles. The molecule has 0 bridgehead atoms. The van der Waals surface area contributed by atoms with Crippen molar-refractivity contribution in [2.24, 2.45) is 0 Å². The second kappa shape index (κ2) is 8.85. The summed E-state index contributed by atoms with van der Waals surface area (Å²) in [6, 6.07) is 9.62. The second-order valence-electron chi connectivity index (χ2n) is 9.92. The van der Waals surface area contributed by atoms with Gasteiger partial charge >= 0.3 is 0 Å². The maximum absolute atomic E-state index is 13.6. The lowest BCUT2D eigenvalue weighted by atomic mass is 9.98. The third-order valence-corrected chi connectivity index (χ3v) is 6.53. The van der Waals surface area contributed by atoms with Crippen LogP contribution in [0.15, 0.2) is 53.4 Å². The highest BCUT2D eigenvalue weighted by Gasteiger charge is 2.40. The summed E-state index contributed by atoms with van der Waals surface area (Å²) in [7, 11) is 0. The van der Waals surface area contributed by atoms with Gasteiger partial charge in [0.2, 0.25) is 0 Å². The van der Waals surface area contributed by atoms with Gasteiger partial charge < -0.3 is 14.3 Å². The standard InChI is InChI=1S/C26H27FN6O3/c1-16(2)19-13-21(17-5-7-18(27)8-6-17)29-33-14-22(28-23(19)33)25(35)32-11-10-31(15-26(32,3)4)24(34)20-9-12-36-30-20/h5-9,12-14,16H,10-11,15H2,1-4H3. The molecule has 5 rings (SSSR count). The number of carbonyl (C=O) groups is 2. The SMILES string of the molecule is CC(C)c1cc(-c2ccc(F)cc2)nn2cc(C(=O)N3CCN(C(=O)c4ccon4)CC3(C)C)nc12. The van der Waals surface area contributed by atoms with Crippen LogP contribution in [0.2, 0.25) is 0 Å². The minimum atomic E-state index is -0.627. The Morgan fingerprint density at radius 1 is 1.06 bits per heavy atom. The van der Waals surface area contributed by atoms with Gasteiger partial charge in [-0.05, 0) is 50.1 Å². The number of fused-ring (bicyclic) bond motifs is 1.